The summed E-state index contributed by atoms with van der Waals surface area (Å²) in [6.45, 7) is 4.38. The number of benzene rings is 1. The molecule has 3 aromatic rings. The van der Waals surface area contributed by atoms with Crippen molar-refractivity contribution in [3.05, 3.63) is 61.8 Å². The lowest BCUT2D eigenvalue weighted by atomic mass is 10.1. The van der Waals surface area contributed by atoms with Crippen LogP contribution in [0.1, 0.15) is 25.0 Å². The van der Waals surface area contributed by atoms with Gasteiger partial charge in [0.25, 0.3) is 0 Å². The van der Waals surface area contributed by atoms with Gasteiger partial charge in [0.2, 0.25) is 0 Å². The SMILES string of the molecule is CCOC(=O)Cc1ccsc1-c1ccc(F)cc1OC.CCOC(=O)Cc1ccsc1Br. The molecule has 0 fully saturated rings. The molecule has 0 atom stereocenters. The maximum atomic E-state index is 13.2. The topological polar surface area (TPSA) is 61.8 Å². The quantitative estimate of drug-likeness (QED) is 0.313. The Morgan fingerprint density at radius 3 is 2.09 bits per heavy atom. The predicted octanol–water partition coefficient (Wildman–Crippen LogP) is 6.28. The summed E-state index contributed by atoms with van der Waals surface area (Å²) in [6.07, 6.45) is 0.561. The van der Waals surface area contributed by atoms with E-state index < -0.39 is 0 Å². The molecular formula is C23H24BrFO5S2. The van der Waals surface area contributed by atoms with E-state index in [-0.39, 0.29) is 24.2 Å². The molecule has 5 nitrogen and oxygen atoms in total. The summed E-state index contributed by atoms with van der Waals surface area (Å²) in [5.74, 6) is -0.337. The average Bonchev–Trinajstić information content (AvgIpc) is 3.37. The van der Waals surface area contributed by atoms with Gasteiger partial charge in [0.05, 0.1) is 37.0 Å². The first-order valence-corrected chi connectivity index (χ1v) is 12.4. The molecule has 2 heterocycles. The number of halogens is 2. The minimum Gasteiger partial charge on any atom is -0.496 e. The molecule has 3 rings (SSSR count). The number of ether oxygens (including phenoxy) is 3. The lowest BCUT2D eigenvalue weighted by molar-refractivity contribution is -0.143. The molecule has 172 valence electrons. The zero-order chi connectivity index (χ0) is 23.5. The lowest BCUT2D eigenvalue weighted by Crippen LogP contribution is -2.07. The molecule has 0 unspecified atom stereocenters. The van der Waals surface area contributed by atoms with Crippen LogP contribution in [0.3, 0.4) is 0 Å². The van der Waals surface area contributed by atoms with Crippen LogP contribution in [0, 0.1) is 5.82 Å². The van der Waals surface area contributed by atoms with Gasteiger partial charge in [0.1, 0.15) is 11.6 Å². The maximum absolute atomic E-state index is 13.2. The molecule has 0 aliphatic heterocycles. The summed E-state index contributed by atoms with van der Waals surface area (Å²) in [7, 11) is 1.50. The van der Waals surface area contributed by atoms with Crippen molar-refractivity contribution in [2.24, 2.45) is 0 Å². The molecule has 0 bridgehead atoms. The van der Waals surface area contributed by atoms with E-state index in [9.17, 15) is 14.0 Å². The molecule has 0 saturated carbocycles. The van der Waals surface area contributed by atoms with E-state index >= 15 is 0 Å². The normalized spacial score (nSPS) is 10.2. The van der Waals surface area contributed by atoms with E-state index in [0.29, 0.717) is 25.4 Å². The van der Waals surface area contributed by atoms with Crippen LogP contribution in [0.25, 0.3) is 10.4 Å². The fourth-order valence-corrected chi connectivity index (χ4v) is 4.94. The Morgan fingerprint density at radius 1 is 0.938 bits per heavy atom. The first-order chi connectivity index (χ1) is 15.4. The highest BCUT2D eigenvalue weighted by molar-refractivity contribution is 9.11. The van der Waals surface area contributed by atoms with E-state index in [4.69, 9.17) is 14.2 Å². The van der Waals surface area contributed by atoms with Crippen molar-refractivity contribution in [2.75, 3.05) is 20.3 Å². The molecular weight excluding hydrogens is 519 g/mol. The van der Waals surface area contributed by atoms with E-state index in [1.807, 2.05) is 22.9 Å². The largest absolute Gasteiger partial charge is 0.496 e. The van der Waals surface area contributed by atoms with Gasteiger partial charge in [-0.3, -0.25) is 9.59 Å². The second-order valence-corrected chi connectivity index (χ2v) is 9.45. The van der Waals surface area contributed by atoms with Crippen molar-refractivity contribution >= 4 is 50.5 Å². The number of esters is 2. The number of hydrogen-bond donors (Lipinski definition) is 0. The van der Waals surface area contributed by atoms with Crippen LogP contribution in [-0.2, 0) is 31.9 Å². The molecule has 0 aliphatic rings. The second kappa shape index (κ2) is 13.3. The summed E-state index contributed by atoms with van der Waals surface area (Å²) in [5, 5.41) is 3.84. The van der Waals surface area contributed by atoms with Gasteiger partial charge in [0, 0.05) is 16.5 Å². The van der Waals surface area contributed by atoms with Crippen LogP contribution in [0.5, 0.6) is 5.75 Å². The Balaban J connectivity index is 0.000000258. The summed E-state index contributed by atoms with van der Waals surface area (Å²) >= 11 is 6.42. The van der Waals surface area contributed by atoms with Crippen LogP contribution < -0.4 is 4.74 Å². The molecule has 0 aliphatic carbocycles. The number of thiophene rings is 2. The first-order valence-electron chi connectivity index (χ1n) is 9.82. The van der Waals surface area contributed by atoms with Gasteiger partial charge in [-0.1, -0.05) is 0 Å². The second-order valence-electron chi connectivity index (χ2n) is 6.30. The molecule has 32 heavy (non-hydrogen) atoms. The van der Waals surface area contributed by atoms with Crippen molar-refractivity contribution in [1.82, 2.24) is 0 Å². The van der Waals surface area contributed by atoms with Gasteiger partial charge in [-0.05, 0) is 75.9 Å². The minimum absolute atomic E-state index is 0.170. The van der Waals surface area contributed by atoms with Crippen molar-refractivity contribution in [2.45, 2.75) is 26.7 Å². The van der Waals surface area contributed by atoms with Gasteiger partial charge >= 0.3 is 11.9 Å². The van der Waals surface area contributed by atoms with E-state index in [1.165, 1.54) is 30.6 Å². The molecule has 0 saturated heterocycles. The van der Waals surface area contributed by atoms with Crippen LogP contribution in [-0.4, -0.2) is 32.3 Å². The number of carbonyl (C=O) groups excluding carboxylic acids is 2. The lowest BCUT2D eigenvalue weighted by Gasteiger charge is -2.09. The third kappa shape index (κ3) is 7.72. The van der Waals surface area contributed by atoms with Crippen molar-refractivity contribution < 1.29 is 28.2 Å². The molecule has 0 N–H and O–H groups in total. The van der Waals surface area contributed by atoms with Gasteiger partial charge in [-0.15, -0.1) is 22.7 Å². The number of methoxy groups -OCH3 is 1. The first kappa shape index (κ1) is 26.0. The Bertz CT molecular complexity index is 1030. The van der Waals surface area contributed by atoms with E-state index in [0.717, 1.165) is 25.4 Å². The highest BCUT2D eigenvalue weighted by atomic mass is 79.9. The third-order valence-corrected chi connectivity index (χ3v) is 6.93. The molecule has 2 aromatic heterocycles. The van der Waals surface area contributed by atoms with Crippen LogP contribution in [0.4, 0.5) is 4.39 Å². The molecule has 0 amide bonds. The van der Waals surface area contributed by atoms with E-state index in [2.05, 4.69) is 15.9 Å². The Morgan fingerprint density at radius 2 is 1.53 bits per heavy atom. The minimum atomic E-state index is -0.353. The van der Waals surface area contributed by atoms with Gasteiger partial charge in [-0.25, -0.2) is 4.39 Å². The average molecular weight is 543 g/mol. The number of hydrogen-bond acceptors (Lipinski definition) is 7. The van der Waals surface area contributed by atoms with Crippen LogP contribution >= 0.6 is 38.6 Å². The monoisotopic (exact) mass is 542 g/mol. The third-order valence-electron chi connectivity index (χ3n) is 4.13. The Hall–Kier alpha value is -2.23. The van der Waals surface area contributed by atoms with Crippen molar-refractivity contribution in [3.8, 4) is 16.2 Å². The summed E-state index contributed by atoms with van der Waals surface area (Å²) in [5.41, 5.74) is 2.64. The molecule has 1 aromatic carbocycles. The molecule has 9 heteroatoms. The number of rotatable bonds is 8. The zero-order valence-electron chi connectivity index (χ0n) is 18.0. The fraction of sp³-hybridized carbons (Fsp3) is 0.304. The summed E-state index contributed by atoms with van der Waals surface area (Å²) in [4.78, 5) is 23.5. The molecule has 0 spiro atoms. The highest BCUT2D eigenvalue weighted by Crippen LogP contribution is 2.37. The maximum Gasteiger partial charge on any atom is 0.310 e. The molecule has 0 radical (unpaired) electrons. The summed E-state index contributed by atoms with van der Waals surface area (Å²) < 4.78 is 29.2. The predicted molar refractivity (Wildman–Crippen MR) is 129 cm³/mol. The smallest absolute Gasteiger partial charge is 0.310 e. The van der Waals surface area contributed by atoms with Gasteiger partial charge < -0.3 is 14.2 Å². The van der Waals surface area contributed by atoms with Gasteiger partial charge in [-0.2, -0.15) is 0 Å². The Kier molecular flexibility index (Phi) is 10.9. The standard InChI is InChI=1S/C15H15FO3S.C8H9BrO2S/c1-3-19-14(17)8-10-6-7-20-15(10)12-5-4-11(16)9-13(12)18-2;1-2-11-7(10)5-6-3-4-12-8(6)9/h4-7,9H,3,8H2,1-2H3;3-4H,2,5H2,1H3. The number of carbonyl (C=O) groups is 2. The fourth-order valence-electron chi connectivity index (χ4n) is 2.74. The van der Waals surface area contributed by atoms with Crippen molar-refractivity contribution in [1.29, 1.82) is 0 Å². The highest BCUT2D eigenvalue weighted by Gasteiger charge is 2.15. The van der Waals surface area contributed by atoms with E-state index in [1.54, 1.807) is 31.3 Å². The zero-order valence-corrected chi connectivity index (χ0v) is 21.2. The van der Waals surface area contributed by atoms with Crippen molar-refractivity contribution in [3.63, 3.8) is 0 Å². The van der Waals surface area contributed by atoms with Crippen LogP contribution in [0.2, 0.25) is 0 Å². The summed E-state index contributed by atoms with van der Waals surface area (Å²) in [6, 6.07) is 8.18. The van der Waals surface area contributed by atoms with Gasteiger partial charge in [0.15, 0.2) is 0 Å². The Labute approximate surface area is 203 Å². The van der Waals surface area contributed by atoms with Crippen LogP contribution in [0.15, 0.2) is 44.9 Å².